The molecule has 2 aromatic heterocycles. The Balaban J connectivity index is 1.65. The van der Waals surface area contributed by atoms with Crippen LogP contribution in [0.1, 0.15) is 56.3 Å². The van der Waals surface area contributed by atoms with Crippen molar-refractivity contribution in [2.45, 2.75) is 26.8 Å². The van der Waals surface area contributed by atoms with Gasteiger partial charge in [-0.15, -0.1) is 11.3 Å². The Bertz CT molecular complexity index is 1650. The van der Waals surface area contributed by atoms with Gasteiger partial charge >= 0.3 is 5.97 Å². The molecule has 0 aliphatic carbocycles. The first-order chi connectivity index (χ1) is 20.3. The summed E-state index contributed by atoms with van der Waals surface area (Å²) in [5, 5.41) is 7.80. The zero-order valence-corrected chi connectivity index (χ0v) is 24.5. The molecule has 0 saturated carbocycles. The third-order valence-corrected chi connectivity index (χ3v) is 7.89. The van der Waals surface area contributed by atoms with Crippen LogP contribution in [0.3, 0.4) is 0 Å². The minimum absolute atomic E-state index is 0.0695. The van der Waals surface area contributed by atoms with E-state index in [9.17, 15) is 14.4 Å². The van der Waals surface area contributed by atoms with Gasteiger partial charge in [0, 0.05) is 52.3 Å². The zero-order chi connectivity index (χ0) is 29.8. The van der Waals surface area contributed by atoms with Crippen LogP contribution in [-0.2, 0) is 17.7 Å². The van der Waals surface area contributed by atoms with E-state index in [0.29, 0.717) is 47.8 Å². The number of carbonyl (C=O) groups is 3. The molecule has 1 aliphatic rings. The first-order valence-corrected chi connectivity index (χ1v) is 14.5. The maximum atomic E-state index is 13.9. The van der Waals surface area contributed by atoms with E-state index in [1.54, 1.807) is 41.7 Å². The number of nitrogens with zero attached hydrogens (tertiary/aromatic N) is 1. The fourth-order valence-corrected chi connectivity index (χ4v) is 5.67. The first-order valence-electron chi connectivity index (χ1n) is 13.6. The lowest BCUT2D eigenvalue weighted by Crippen LogP contribution is -2.28. The number of esters is 1. The van der Waals surface area contributed by atoms with Crippen molar-refractivity contribution in [3.63, 3.8) is 0 Å². The lowest BCUT2D eigenvalue weighted by Gasteiger charge is -2.17. The number of nitrogens with two attached hydrogens (primary N) is 1. The van der Waals surface area contributed by atoms with E-state index >= 15 is 0 Å². The van der Waals surface area contributed by atoms with Crippen molar-refractivity contribution in [2.75, 3.05) is 25.6 Å². The maximum Gasteiger partial charge on any atom is 0.357 e. The Kier molecular flexibility index (Phi) is 8.65. The SMILES string of the molecule is COC(=O)c1nc(C(=O)NCC(C)C)ccc1-c1cc2c(cc1C(=O)Nc1ccc(CN)cc1)-c1sccc1CCO2. The van der Waals surface area contributed by atoms with E-state index < -0.39 is 11.9 Å². The number of hydrogen-bond donors (Lipinski definition) is 3. The largest absolute Gasteiger partial charge is 0.493 e. The number of thiophene rings is 1. The van der Waals surface area contributed by atoms with Crippen molar-refractivity contribution in [2.24, 2.45) is 11.7 Å². The Morgan fingerprint density at radius 2 is 1.81 bits per heavy atom. The normalized spacial score (nSPS) is 12.0. The van der Waals surface area contributed by atoms with Gasteiger partial charge in [-0.25, -0.2) is 9.78 Å². The lowest BCUT2D eigenvalue weighted by molar-refractivity contribution is 0.0594. The number of pyridine rings is 1. The van der Waals surface area contributed by atoms with E-state index in [1.807, 2.05) is 31.4 Å². The summed E-state index contributed by atoms with van der Waals surface area (Å²) >= 11 is 1.58. The molecular formula is C32H32N4O5S. The molecule has 2 aromatic carbocycles. The Hall–Kier alpha value is -4.54. The van der Waals surface area contributed by atoms with Crippen LogP contribution >= 0.6 is 11.3 Å². The number of carbonyl (C=O) groups excluding carboxylic acids is 3. The van der Waals surface area contributed by atoms with Crippen molar-refractivity contribution in [3.8, 4) is 27.3 Å². The molecule has 10 heteroatoms. The lowest BCUT2D eigenvalue weighted by atomic mass is 9.93. The number of methoxy groups -OCH3 is 1. The smallest absolute Gasteiger partial charge is 0.357 e. The number of anilines is 1. The third-order valence-electron chi connectivity index (χ3n) is 6.90. The second-order valence-corrected chi connectivity index (χ2v) is 11.2. The highest BCUT2D eigenvalue weighted by molar-refractivity contribution is 7.13. The van der Waals surface area contributed by atoms with Crippen molar-refractivity contribution in [3.05, 3.63) is 88.1 Å². The molecule has 4 N–H and O–H groups in total. The molecule has 0 atom stereocenters. The molecule has 9 nitrogen and oxygen atoms in total. The number of nitrogens with one attached hydrogen (secondary N) is 2. The predicted octanol–water partition coefficient (Wildman–Crippen LogP) is 5.30. The van der Waals surface area contributed by atoms with Gasteiger partial charge in [0.05, 0.1) is 13.7 Å². The van der Waals surface area contributed by atoms with E-state index in [1.165, 1.54) is 13.2 Å². The number of benzene rings is 2. The van der Waals surface area contributed by atoms with Crippen LogP contribution in [0.5, 0.6) is 5.75 Å². The van der Waals surface area contributed by atoms with Crippen molar-refractivity contribution >= 4 is 34.8 Å². The molecule has 0 saturated heterocycles. The molecule has 2 amide bonds. The van der Waals surface area contributed by atoms with Gasteiger partial charge in [-0.1, -0.05) is 26.0 Å². The van der Waals surface area contributed by atoms with Gasteiger partial charge in [0.15, 0.2) is 5.69 Å². The van der Waals surface area contributed by atoms with Crippen molar-refractivity contribution in [1.29, 1.82) is 0 Å². The summed E-state index contributed by atoms with van der Waals surface area (Å²) in [6.45, 7) is 5.28. The Morgan fingerprint density at radius 3 is 2.52 bits per heavy atom. The summed E-state index contributed by atoms with van der Waals surface area (Å²) in [4.78, 5) is 45.1. The van der Waals surface area contributed by atoms with E-state index in [0.717, 1.165) is 28.0 Å². The van der Waals surface area contributed by atoms with Crippen LogP contribution in [0.4, 0.5) is 5.69 Å². The van der Waals surface area contributed by atoms with Crippen molar-refractivity contribution < 1.29 is 23.9 Å². The van der Waals surface area contributed by atoms with Gasteiger partial charge in [-0.05, 0) is 64.9 Å². The van der Waals surface area contributed by atoms with E-state index in [4.69, 9.17) is 15.2 Å². The molecule has 216 valence electrons. The molecule has 42 heavy (non-hydrogen) atoms. The topological polar surface area (TPSA) is 133 Å². The molecule has 3 heterocycles. The molecule has 5 rings (SSSR count). The van der Waals surface area contributed by atoms with Gasteiger partial charge in [0.2, 0.25) is 0 Å². The number of hydrogen-bond acceptors (Lipinski definition) is 8. The zero-order valence-electron chi connectivity index (χ0n) is 23.7. The summed E-state index contributed by atoms with van der Waals surface area (Å²) in [6.07, 6.45) is 0.729. The van der Waals surface area contributed by atoms with Gasteiger partial charge in [-0.3, -0.25) is 9.59 Å². The number of rotatable bonds is 8. The molecule has 0 spiro atoms. The standard InChI is InChI=1S/C32H32N4O5S/c1-18(2)17-34-31(38)26-9-8-22(28(36-26)32(39)40-3)23-15-27-25(29-20(10-12-41-27)11-13-42-29)14-24(23)30(37)35-21-6-4-19(16-33)5-7-21/h4-9,11,13-15,18H,10,12,16-17,33H2,1-3H3,(H,34,38)(H,35,37). The molecule has 0 radical (unpaired) electrons. The number of aromatic nitrogens is 1. The fourth-order valence-electron chi connectivity index (χ4n) is 4.69. The van der Waals surface area contributed by atoms with Gasteiger partial charge in [0.1, 0.15) is 11.4 Å². The van der Waals surface area contributed by atoms with Gasteiger partial charge < -0.3 is 25.8 Å². The van der Waals surface area contributed by atoms with E-state index in [-0.39, 0.29) is 23.2 Å². The highest BCUT2D eigenvalue weighted by Crippen LogP contribution is 2.43. The first kappa shape index (κ1) is 29.0. The molecular weight excluding hydrogens is 552 g/mol. The molecule has 0 unspecified atom stereocenters. The minimum Gasteiger partial charge on any atom is -0.493 e. The summed E-state index contributed by atoms with van der Waals surface area (Å²) in [7, 11) is 1.25. The Morgan fingerprint density at radius 1 is 1.02 bits per heavy atom. The highest BCUT2D eigenvalue weighted by Gasteiger charge is 2.27. The quantitative estimate of drug-likeness (QED) is 0.240. The summed E-state index contributed by atoms with van der Waals surface area (Å²) < 4.78 is 11.2. The number of amides is 2. The van der Waals surface area contributed by atoms with Crippen LogP contribution in [0.2, 0.25) is 0 Å². The average Bonchev–Trinajstić information content (AvgIpc) is 3.40. The molecule has 0 fully saturated rings. The summed E-state index contributed by atoms with van der Waals surface area (Å²) in [5.74, 6) is -0.697. The average molecular weight is 585 g/mol. The summed E-state index contributed by atoms with van der Waals surface area (Å²) in [6, 6.07) is 16.0. The van der Waals surface area contributed by atoms with Crippen LogP contribution in [-0.4, -0.2) is 43.0 Å². The van der Waals surface area contributed by atoms with Crippen molar-refractivity contribution in [1.82, 2.24) is 10.3 Å². The van der Waals surface area contributed by atoms with Crippen LogP contribution < -0.4 is 21.1 Å². The van der Waals surface area contributed by atoms with Gasteiger partial charge in [0.25, 0.3) is 11.8 Å². The Labute approximate surface area is 248 Å². The highest BCUT2D eigenvalue weighted by atomic mass is 32.1. The number of fused-ring (bicyclic) bond motifs is 3. The van der Waals surface area contributed by atoms with Gasteiger partial charge in [-0.2, -0.15) is 0 Å². The van der Waals surface area contributed by atoms with Crippen LogP contribution in [0.15, 0.2) is 60.0 Å². The fraction of sp³-hybridized carbons (Fsp3) is 0.250. The second kappa shape index (κ2) is 12.5. The van der Waals surface area contributed by atoms with E-state index in [2.05, 4.69) is 21.7 Å². The molecule has 0 bridgehead atoms. The maximum absolute atomic E-state index is 13.9. The summed E-state index contributed by atoms with van der Waals surface area (Å²) in [5.41, 5.74) is 10.3. The molecule has 1 aliphatic heterocycles. The molecule has 4 aromatic rings. The third kappa shape index (κ3) is 6.05. The minimum atomic E-state index is -0.733. The monoisotopic (exact) mass is 584 g/mol. The predicted molar refractivity (Wildman–Crippen MR) is 163 cm³/mol. The second-order valence-electron chi connectivity index (χ2n) is 10.3. The number of ether oxygens (including phenoxy) is 2. The van der Waals surface area contributed by atoms with Crippen LogP contribution in [0.25, 0.3) is 21.6 Å². The van der Waals surface area contributed by atoms with Crippen LogP contribution in [0, 0.1) is 5.92 Å².